The molecule has 2 nitrogen and oxygen atoms in total. The molecule has 2 aromatic carbocycles. The summed E-state index contributed by atoms with van der Waals surface area (Å²) in [6.45, 7) is 9.28. The average molecular weight is 520 g/mol. The molecule has 1 saturated carbocycles. The van der Waals surface area contributed by atoms with Crippen LogP contribution in [0.2, 0.25) is 5.04 Å². The van der Waals surface area contributed by atoms with Gasteiger partial charge >= 0.3 is 0 Å². The van der Waals surface area contributed by atoms with E-state index in [0.29, 0.717) is 0 Å². The van der Waals surface area contributed by atoms with Gasteiger partial charge in [-0.2, -0.15) is 5.26 Å². The van der Waals surface area contributed by atoms with Crippen molar-refractivity contribution in [3.05, 3.63) is 72.3 Å². The molecule has 0 aromatic heterocycles. The zero-order chi connectivity index (χ0) is 24.8. The summed E-state index contributed by atoms with van der Waals surface area (Å²) < 4.78 is 7.91. The fourth-order valence-electron chi connectivity index (χ4n) is 6.67. The van der Waals surface area contributed by atoms with Crippen LogP contribution in [0.5, 0.6) is 0 Å². The Kier molecular flexibility index (Phi) is 6.58. The van der Waals surface area contributed by atoms with Crippen LogP contribution in [0.25, 0.3) is 0 Å². The lowest BCUT2D eigenvalue weighted by atomic mass is 9.58. The lowest BCUT2D eigenvalue weighted by Crippen LogP contribution is -2.72. The standard InChI is InChI=1S/C30H37NOS2Si/c1-27(2,3)35(25-13-7-5-8-14-25,26-15-9-6-10-16-26)32-29(23-31)17-11-12-24-22-30(33-20-21-34-30)19-18-28(24,29)4/h5-10,13-16,22H,11-12,17-21H2,1-4H3/t28-,29-/m0/s1. The van der Waals surface area contributed by atoms with Crippen LogP contribution in [0.15, 0.2) is 72.3 Å². The Bertz CT molecular complexity index is 1090. The van der Waals surface area contributed by atoms with Crippen molar-refractivity contribution in [2.45, 2.75) is 74.5 Å². The number of hydrogen-bond donors (Lipinski definition) is 0. The van der Waals surface area contributed by atoms with Gasteiger partial charge < -0.3 is 4.43 Å². The molecule has 1 spiro atoms. The number of nitriles is 1. The maximum atomic E-state index is 11.0. The molecule has 2 aromatic rings. The van der Waals surface area contributed by atoms with Gasteiger partial charge in [0.1, 0.15) is 0 Å². The van der Waals surface area contributed by atoms with Gasteiger partial charge in [0.05, 0.1) is 10.1 Å². The number of rotatable bonds is 4. The highest BCUT2D eigenvalue weighted by Gasteiger charge is 2.63. The second-order valence-electron chi connectivity index (χ2n) is 11.6. The maximum absolute atomic E-state index is 11.0. The minimum absolute atomic E-state index is 0.149. The van der Waals surface area contributed by atoms with Crippen molar-refractivity contribution < 1.29 is 4.43 Å². The van der Waals surface area contributed by atoms with Gasteiger partial charge in [-0.1, -0.05) is 100 Å². The summed E-state index contributed by atoms with van der Waals surface area (Å²) in [4.78, 5) is 0. The third kappa shape index (κ3) is 3.96. The van der Waals surface area contributed by atoms with E-state index in [0.717, 1.165) is 32.1 Å². The summed E-state index contributed by atoms with van der Waals surface area (Å²) in [6, 6.07) is 24.5. The van der Waals surface area contributed by atoms with Gasteiger partial charge in [0.25, 0.3) is 8.32 Å². The Balaban J connectivity index is 1.70. The van der Waals surface area contributed by atoms with Crippen LogP contribution in [0, 0.1) is 16.7 Å². The Hall–Kier alpha value is -1.45. The van der Waals surface area contributed by atoms with Crippen molar-refractivity contribution in [1.29, 1.82) is 5.26 Å². The molecule has 2 atom stereocenters. The molecule has 2 aliphatic carbocycles. The van der Waals surface area contributed by atoms with E-state index in [1.807, 2.05) is 0 Å². The predicted octanol–water partition coefficient (Wildman–Crippen LogP) is 6.91. The molecule has 2 fully saturated rings. The average Bonchev–Trinajstić information content (AvgIpc) is 3.32. The van der Waals surface area contributed by atoms with Gasteiger partial charge in [0.2, 0.25) is 0 Å². The third-order valence-electron chi connectivity index (χ3n) is 8.64. The second-order valence-corrected chi connectivity index (χ2v) is 18.9. The molecule has 0 N–H and O–H groups in total. The van der Waals surface area contributed by atoms with E-state index < -0.39 is 13.9 Å². The zero-order valence-electron chi connectivity index (χ0n) is 21.5. The first-order chi connectivity index (χ1) is 16.7. The van der Waals surface area contributed by atoms with Crippen LogP contribution in [0.1, 0.15) is 59.8 Å². The number of thioether (sulfide) groups is 2. The maximum Gasteiger partial charge on any atom is 0.263 e. The van der Waals surface area contributed by atoms with Gasteiger partial charge in [-0.15, -0.1) is 23.5 Å². The van der Waals surface area contributed by atoms with Crippen molar-refractivity contribution in [2.24, 2.45) is 5.41 Å². The fourth-order valence-corrected chi connectivity index (χ4v) is 14.6. The summed E-state index contributed by atoms with van der Waals surface area (Å²) in [7, 11) is -2.85. The van der Waals surface area contributed by atoms with Crippen molar-refractivity contribution in [3.63, 3.8) is 0 Å². The van der Waals surface area contributed by atoms with Crippen molar-refractivity contribution in [3.8, 4) is 6.07 Å². The smallest absolute Gasteiger partial charge is 0.263 e. The number of hydrogen-bond acceptors (Lipinski definition) is 4. The Morgan fingerprint density at radius 3 is 1.97 bits per heavy atom. The molecule has 0 radical (unpaired) electrons. The van der Waals surface area contributed by atoms with E-state index >= 15 is 0 Å². The monoisotopic (exact) mass is 519 g/mol. The molecule has 1 heterocycles. The highest BCUT2D eigenvalue weighted by Crippen LogP contribution is 2.62. The van der Waals surface area contributed by atoms with E-state index in [2.05, 4.69) is 124 Å². The molecule has 0 bridgehead atoms. The topological polar surface area (TPSA) is 33.0 Å². The third-order valence-corrected chi connectivity index (χ3v) is 17.1. The molecule has 1 saturated heterocycles. The van der Waals surface area contributed by atoms with Crippen LogP contribution in [0.4, 0.5) is 0 Å². The molecule has 3 aliphatic rings. The van der Waals surface area contributed by atoms with Crippen LogP contribution in [-0.2, 0) is 4.43 Å². The predicted molar refractivity (Wildman–Crippen MR) is 154 cm³/mol. The highest BCUT2D eigenvalue weighted by molar-refractivity contribution is 8.21. The Morgan fingerprint density at radius 2 is 1.46 bits per heavy atom. The molecule has 1 aliphatic heterocycles. The van der Waals surface area contributed by atoms with Crippen LogP contribution >= 0.6 is 23.5 Å². The fraction of sp³-hybridized carbons (Fsp3) is 0.500. The molecular formula is C30H37NOS2Si. The molecule has 0 amide bonds. The molecule has 35 heavy (non-hydrogen) atoms. The first-order valence-electron chi connectivity index (χ1n) is 12.9. The minimum atomic E-state index is -2.85. The Morgan fingerprint density at radius 1 is 0.886 bits per heavy atom. The normalized spacial score (nSPS) is 28.3. The van der Waals surface area contributed by atoms with Gasteiger partial charge in [-0.3, -0.25) is 0 Å². The molecular weight excluding hydrogens is 483 g/mol. The number of benzene rings is 2. The number of fused-ring (bicyclic) bond motifs is 1. The summed E-state index contributed by atoms with van der Waals surface area (Å²) in [5.41, 5.74) is 0.371. The van der Waals surface area contributed by atoms with Crippen molar-refractivity contribution in [1.82, 2.24) is 0 Å². The summed E-state index contributed by atoms with van der Waals surface area (Å²) in [5.74, 6) is 2.46. The first kappa shape index (κ1) is 25.2. The molecule has 5 heteroatoms. The van der Waals surface area contributed by atoms with E-state index in [4.69, 9.17) is 4.43 Å². The largest absolute Gasteiger partial charge is 0.389 e. The SMILES string of the molecule is CC(C)(C)[Si](O[C@]1(C#N)CCCC2=CC3(CC[C@@]21C)SCCS3)(c1ccccc1)c1ccccc1. The molecule has 0 unspecified atom stereocenters. The van der Waals surface area contributed by atoms with Gasteiger partial charge in [-0.25, -0.2) is 0 Å². The van der Waals surface area contributed by atoms with E-state index in [9.17, 15) is 5.26 Å². The lowest BCUT2D eigenvalue weighted by molar-refractivity contribution is -0.0239. The first-order valence-corrected chi connectivity index (χ1v) is 16.8. The van der Waals surface area contributed by atoms with Gasteiger partial charge in [0, 0.05) is 16.9 Å². The summed E-state index contributed by atoms with van der Waals surface area (Å²) in [5, 5.41) is 13.4. The van der Waals surface area contributed by atoms with Crippen LogP contribution in [-0.4, -0.2) is 29.5 Å². The highest BCUT2D eigenvalue weighted by atomic mass is 32.2. The minimum Gasteiger partial charge on any atom is -0.389 e. The van der Waals surface area contributed by atoms with Crippen LogP contribution < -0.4 is 10.4 Å². The van der Waals surface area contributed by atoms with Gasteiger partial charge in [-0.05, 0) is 47.5 Å². The van der Waals surface area contributed by atoms with Crippen molar-refractivity contribution >= 4 is 42.2 Å². The lowest BCUT2D eigenvalue weighted by Gasteiger charge is -2.57. The molecule has 5 rings (SSSR count). The van der Waals surface area contributed by atoms with E-state index in [1.165, 1.54) is 27.5 Å². The van der Waals surface area contributed by atoms with Crippen molar-refractivity contribution in [2.75, 3.05) is 11.5 Å². The summed E-state index contributed by atoms with van der Waals surface area (Å²) >= 11 is 4.22. The van der Waals surface area contributed by atoms with Gasteiger partial charge in [0.15, 0.2) is 5.60 Å². The number of nitrogens with zero attached hydrogens (tertiary/aromatic N) is 1. The van der Waals surface area contributed by atoms with Crippen LogP contribution in [0.3, 0.4) is 0 Å². The second kappa shape index (κ2) is 9.13. The molecule has 184 valence electrons. The van der Waals surface area contributed by atoms with E-state index in [1.54, 1.807) is 0 Å². The summed E-state index contributed by atoms with van der Waals surface area (Å²) in [6.07, 6.45) is 7.61. The quantitative estimate of drug-likeness (QED) is 0.324. The zero-order valence-corrected chi connectivity index (χ0v) is 24.1. The Labute approximate surface area is 221 Å². The van der Waals surface area contributed by atoms with E-state index in [-0.39, 0.29) is 14.5 Å².